The molecule has 2 amide bonds. The van der Waals surface area contributed by atoms with Crippen LogP contribution >= 0.6 is 0 Å². The maximum atomic E-state index is 13.3. The summed E-state index contributed by atoms with van der Waals surface area (Å²) < 4.78 is 39.8. The van der Waals surface area contributed by atoms with Crippen LogP contribution in [-0.4, -0.2) is 53.1 Å². The Morgan fingerprint density at radius 3 is 2.29 bits per heavy atom. The van der Waals surface area contributed by atoms with Crippen LogP contribution in [0.15, 0.2) is 60.7 Å². The maximum Gasteiger partial charge on any atom is 0.417 e. The van der Waals surface area contributed by atoms with Crippen molar-refractivity contribution >= 4 is 23.3 Å². The van der Waals surface area contributed by atoms with Crippen molar-refractivity contribution in [2.75, 3.05) is 36.4 Å². The molecular weight excluding hydrogens is 447 g/mol. The molecule has 0 aliphatic carbocycles. The third-order valence-corrected chi connectivity index (χ3v) is 5.51. The fraction of sp³-hybridized carbons (Fsp3) is 0.250. The van der Waals surface area contributed by atoms with Crippen LogP contribution in [0, 0.1) is 6.92 Å². The molecule has 4 rings (SSSR count). The number of benzene rings is 2. The number of hydrogen-bond acceptors (Lipinski definition) is 5. The van der Waals surface area contributed by atoms with E-state index in [9.17, 15) is 22.8 Å². The summed E-state index contributed by atoms with van der Waals surface area (Å²) in [5, 5.41) is 10.9. The number of nitrogens with one attached hydrogen (secondary N) is 1. The highest BCUT2D eigenvalue weighted by atomic mass is 19.4. The van der Waals surface area contributed by atoms with E-state index >= 15 is 0 Å². The average molecular weight is 469 g/mol. The van der Waals surface area contributed by atoms with Gasteiger partial charge in [-0.1, -0.05) is 24.3 Å². The molecule has 1 aliphatic rings. The lowest BCUT2D eigenvalue weighted by molar-refractivity contribution is -0.138. The van der Waals surface area contributed by atoms with Crippen LogP contribution in [0.1, 0.15) is 32.0 Å². The Hall–Kier alpha value is -3.95. The lowest BCUT2D eigenvalue weighted by Crippen LogP contribution is -2.49. The van der Waals surface area contributed by atoms with Gasteiger partial charge >= 0.3 is 6.18 Å². The number of amides is 2. The van der Waals surface area contributed by atoms with Crippen LogP contribution in [0.25, 0.3) is 0 Å². The second-order valence-electron chi connectivity index (χ2n) is 7.92. The summed E-state index contributed by atoms with van der Waals surface area (Å²) in [5.74, 6) is -0.514. The summed E-state index contributed by atoms with van der Waals surface area (Å²) in [7, 11) is 0. The Morgan fingerprint density at radius 1 is 0.912 bits per heavy atom. The number of carbonyl (C=O) groups excluding carboxylic acids is 2. The topological polar surface area (TPSA) is 78.4 Å². The van der Waals surface area contributed by atoms with Gasteiger partial charge in [-0.25, -0.2) is 0 Å². The molecular formula is C24H22F3N5O2. The molecule has 1 N–H and O–H groups in total. The molecule has 0 atom stereocenters. The normalized spacial score (nSPS) is 14.1. The van der Waals surface area contributed by atoms with E-state index in [2.05, 4.69) is 15.5 Å². The van der Waals surface area contributed by atoms with Crippen LogP contribution in [0.5, 0.6) is 0 Å². The van der Waals surface area contributed by atoms with Gasteiger partial charge in [-0.05, 0) is 48.9 Å². The van der Waals surface area contributed by atoms with Crippen molar-refractivity contribution < 1.29 is 22.8 Å². The molecule has 1 saturated heterocycles. The highest BCUT2D eigenvalue weighted by Gasteiger charge is 2.36. The van der Waals surface area contributed by atoms with E-state index in [0.29, 0.717) is 24.6 Å². The van der Waals surface area contributed by atoms with E-state index in [1.807, 2.05) is 30.0 Å². The molecule has 7 nitrogen and oxygen atoms in total. The minimum atomic E-state index is -4.60. The van der Waals surface area contributed by atoms with Crippen LogP contribution in [-0.2, 0) is 6.18 Å². The van der Waals surface area contributed by atoms with E-state index in [0.717, 1.165) is 11.6 Å². The third-order valence-electron chi connectivity index (χ3n) is 5.51. The number of aryl methyl sites for hydroxylation is 1. The van der Waals surface area contributed by atoms with E-state index in [-0.39, 0.29) is 30.3 Å². The Balaban J connectivity index is 1.37. The summed E-state index contributed by atoms with van der Waals surface area (Å²) >= 11 is 0. The van der Waals surface area contributed by atoms with Gasteiger partial charge in [0.15, 0.2) is 11.5 Å². The minimum absolute atomic E-state index is 0.155. The molecule has 34 heavy (non-hydrogen) atoms. The number of nitrogens with zero attached hydrogens (tertiary/aromatic N) is 4. The molecule has 0 bridgehead atoms. The Morgan fingerprint density at radius 2 is 1.65 bits per heavy atom. The first-order valence-corrected chi connectivity index (χ1v) is 10.6. The van der Waals surface area contributed by atoms with Crippen LogP contribution in [0.3, 0.4) is 0 Å². The summed E-state index contributed by atoms with van der Waals surface area (Å²) in [6, 6.07) is 15.4. The summed E-state index contributed by atoms with van der Waals surface area (Å²) in [6.07, 6.45) is -4.60. The number of aromatic nitrogens is 2. The van der Waals surface area contributed by atoms with E-state index in [4.69, 9.17) is 0 Å². The largest absolute Gasteiger partial charge is 0.417 e. The van der Waals surface area contributed by atoms with Crippen molar-refractivity contribution in [2.24, 2.45) is 0 Å². The SMILES string of the molecule is Cc1cccc(NC(=O)c2ccc(N3CCN(C(=O)c4ccccc4C(F)(F)F)CC3)nn2)c1. The van der Waals surface area contributed by atoms with Crippen molar-refractivity contribution in [3.63, 3.8) is 0 Å². The molecule has 176 valence electrons. The van der Waals surface area contributed by atoms with Gasteiger partial charge in [-0.3, -0.25) is 9.59 Å². The number of alkyl halides is 3. The number of halogens is 3. The fourth-order valence-electron chi connectivity index (χ4n) is 3.76. The molecule has 2 heterocycles. The number of hydrogen-bond donors (Lipinski definition) is 1. The monoisotopic (exact) mass is 469 g/mol. The molecule has 1 aliphatic heterocycles. The first-order valence-electron chi connectivity index (χ1n) is 10.6. The van der Waals surface area contributed by atoms with Crippen molar-refractivity contribution in [3.05, 3.63) is 83.0 Å². The van der Waals surface area contributed by atoms with Crippen molar-refractivity contribution in [1.29, 1.82) is 0 Å². The smallest absolute Gasteiger partial charge is 0.352 e. The zero-order valence-corrected chi connectivity index (χ0v) is 18.3. The fourth-order valence-corrected chi connectivity index (χ4v) is 3.76. The lowest BCUT2D eigenvalue weighted by Gasteiger charge is -2.35. The zero-order valence-electron chi connectivity index (χ0n) is 18.3. The van der Waals surface area contributed by atoms with Crippen molar-refractivity contribution in [1.82, 2.24) is 15.1 Å². The highest BCUT2D eigenvalue weighted by molar-refractivity contribution is 6.02. The van der Waals surface area contributed by atoms with Crippen molar-refractivity contribution in [3.8, 4) is 0 Å². The maximum absolute atomic E-state index is 13.3. The highest BCUT2D eigenvalue weighted by Crippen LogP contribution is 2.32. The first kappa shape index (κ1) is 23.2. The van der Waals surface area contributed by atoms with E-state index in [1.54, 1.807) is 18.2 Å². The molecule has 1 aromatic heterocycles. The summed E-state index contributed by atoms with van der Waals surface area (Å²) in [4.78, 5) is 28.4. The lowest BCUT2D eigenvalue weighted by atomic mass is 10.1. The van der Waals surface area contributed by atoms with Gasteiger partial charge in [-0.15, -0.1) is 10.2 Å². The van der Waals surface area contributed by atoms with Crippen LogP contribution < -0.4 is 10.2 Å². The molecule has 10 heteroatoms. The molecule has 0 unspecified atom stereocenters. The average Bonchev–Trinajstić information content (AvgIpc) is 2.83. The van der Waals surface area contributed by atoms with Gasteiger partial charge in [0.1, 0.15) is 0 Å². The zero-order chi connectivity index (χ0) is 24.3. The number of piperazine rings is 1. The predicted molar refractivity (Wildman–Crippen MR) is 121 cm³/mol. The van der Waals surface area contributed by atoms with Gasteiger partial charge in [0.2, 0.25) is 0 Å². The third kappa shape index (κ3) is 5.16. The Bertz CT molecular complexity index is 1190. The number of anilines is 2. The molecule has 0 radical (unpaired) electrons. The quantitative estimate of drug-likeness (QED) is 0.625. The Labute approximate surface area is 194 Å². The predicted octanol–water partition coefficient (Wildman–Crippen LogP) is 4.02. The minimum Gasteiger partial charge on any atom is -0.352 e. The number of rotatable bonds is 4. The second-order valence-corrected chi connectivity index (χ2v) is 7.92. The first-order chi connectivity index (χ1) is 16.2. The van der Waals surface area contributed by atoms with E-state index < -0.39 is 17.6 Å². The van der Waals surface area contributed by atoms with Crippen molar-refractivity contribution in [2.45, 2.75) is 13.1 Å². The second kappa shape index (κ2) is 9.50. The van der Waals surface area contributed by atoms with Crippen LogP contribution in [0.4, 0.5) is 24.7 Å². The van der Waals surface area contributed by atoms with Gasteiger partial charge in [0.25, 0.3) is 11.8 Å². The van der Waals surface area contributed by atoms with Gasteiger partial charge in [-0.2, -0.15) is 13.2 Å². The van der Waals surface area contributed by atoms with Gasteiger partial charge in [0, 0.05) is 31.9 Å². The van der Waals surface area contributed by atoms with E-state index in [1.165, 1.54) is 23.1 Å². The standard InChI is InChI=1S/C24H22F3N5O2/c1-16-5-4-6-17(15-16)28-22(33)20-9-10-21(30-29-20)31-11-13-32(14-12-31)23(34)18-7-2-3-8-19(18)24(25,26)27/h2-10,15H,11-14H2,1H3,(H,28,33). The Kier molecular flexibility index (Phi) is 6.49. The number of carbonyl (C=O) groups is 2. The van der Waals surface area contributed by atoms with Crippen LogP contribution in [0.2, 0.25) is 0 Å². The molecule has 0 saturated carbocycles. The molecule has 0 spiro atoms. The summed E-state index contributed by atoms with van der Waals surface area (Å²) in [5.41, 5.74) is 0.533. The molecule has 2 aromatic carbocycles. The molecule has 3 aromatic rings. The van der Waals surface area contributed by atoms with Gasteiger partial charge < -0.3 is 15.1 Å². The van der Waals surface area contributed by atoms with Gasteiger partial charge in [0.05, 0.1) is 11.1 Å². The summed E-state index contributed by atoms with van der Waals surface area (Å²) in [6.45, 7) is 3.16. The molecule has 1 fully saturated rings.